The zero-order chi connectivity index (χ0) is 10.8. The van der Waals surface area contributed by atoms with Crippen molar-refractivity contribution in [3.8, 4) is 0 Å². The number of rotatable bonds is 1. The molecule has 0 atom stereocenters. The highest BCUT2D eigenvalue weighted by atomic mass is 28.4. The quantitative estimate of drug-likeness (QED) is 0.649. The zero-order valence-electron chi connectivity index (χ0n) is 9.82. The summed E-state index contributed by atoms with van der Waals surface area (Å²) in [4.78, 5) is 2.37. The van der Waals surface area contributed by atoms with Crippen LogP contribution >= 0.6 is 0 Å². The average Bonchev–Trinajstić information content (AvgIpc) is 2.68. The molecule has 5 heteroatoms. The monoisotopic (exact) mass is 243 g/mol. The molecule has 0 unspecified atom stereocenters. The van der Waals surface area contributed by atoms with Crippen LogP contribution in [0.1, 0.15) is 25.7 Å². The van der Waals surface area contributed by atoms with Crippen LogP contribution in [0.4, 0.5) is 0 Å². The SMILES string of the molecule is C1CCC([Si]23OCCN(CCO2)CCO3)C1. The van der Waals surface area contributed by atoms with Crippen LogP contribution in [0.2, 0.25) is 5.54 Å². The van der Waals surface area contributed by atoms with Crippen molar-refractivity contribution in [2.75, 3.05) is 39.5 Å². The lowest BCUT2D eigenvalue weighted by atomic mass is 10.4. The first-order chi connectivity index (χ1) is 7.89. The van der Waals surface area contributed by atoms with Gasteiger partial charge in [-0.15, -0.1) is 0 Å². The summed E-state index contributed by atoms with van der Waals surface area (Å²) in [5.41, 5.74) is 0.581. The van der Waals surface area contributed by atoms with E-state index in [0.29, 0.717) is 5.54 Å². The second-order valence-corrected chi connectivity index (χ2v) is 7.86. The predicted molar refractivity (Wildman–Crippen MR) is 62.3 cm³/mol. The lowest BCUT2D eigenvalue weighted by Gasteiger charge is -2.40. The largest absolute Gasteiger partial charge is 0.504 e. The van der Waals surface area contributed by atoms with Gasteiger partial charge in [-0.3, -0.25) is 4.90 Å². The molecule has 3 aliphatic heterocycles. The van der Waals surface area contributed by atoms with Crippen molar-refractivity contribution in [2.24, 2.45) is 0 Å². The molecule has 0 radical (unpaired) electrons. The smallest absolute Gasteiger partial charge is 0.372 e. The van der Waals surface area contributed by atoms with Crippen LogP contribution in [-0.4, -0.2) is 53.2 Å². The molecule has 4 nitrogen and oxygen atoms in total. The van der Waals surface area contributed by atoms with Gasteiger partial charge in [-0.25, -0.2) is 0 Å². The Balaban J connectivity index is 1.78. The number of hydrogen-bond acceptors (Lipinski definition) is 4. The van der Waals surface area contributed by atoms with Crippen LogP contribution in [-0.2, 0) is 13.3 Å². The highest BCUT2D eigenvalue weighted by Gasteiger charge is 2.51. The van der Waals surface area contributed by atoms with Crippen molar-refractivity contribution in [1.29, 1.82) is 0 Å². The van der Waals surface area contributed by atoms with Gasteiger partial charge in [0.25, 0.3) is 0 Å². The fraction of sp³-hybridized carbons (Fsp3) is 1.00. The highest BCUT2D eigenvalue weighted by molar-refractivity contribution is 6.62. The second kappa shape index (κ2) is 4.74. The summed E-state index contributed by atoms with van der Waals surface area (Å²) in [5.74, 6) is 0. The molecule has 92 valence electrons. The molecule has 1 saturated carbocycles. The summed E-state index contributed by atoms with van der Waals surface area (Å²) < 4.78 is 18.2. The third-order valence-corrected chi connectivity index (χ3v) is 7.38. The molecular formula is C11H21NO3Si. The Bertz CT molecular complexity index is 219. The minimum atomic E-state index is -2.32. The summed E-state index contributed by atoms with van der Waals surface area (Å²) >= 11 is 0. The third kappa shape index (κ3) is 2.07. The molecule has 0 spiro atoms. The molecule has 0 aromatic carbocycles. The van der Waals surface area contributed by atoms with Crippen molar-refractivity contribution < 1.29 is 13.3 Å². The Kier molecular flexibility index (Phi) is 3.31. The fourth-order valence-corrected chi connectivity index (χ4v) is 6.24. The molecule has 0 amide bonds. The first-order valence-corrected chi connectivity index (χ1v) is 8.33. The lowest BCUT2D eigenvalue weighted by molar-refractivity contribution is -0.0146. The molecule has 0 aromatic rings. The number of fused-ring (bicyclic) bond motifs is 6. The van der Waals surface area contributed by atoms with E-state index in [4.69, 9.17) is 13.3 Å². The maximum atomic E-state index is 6.08. The normalized spacial score (nSPS) is 41.6. The van der Waals surface area contributed by atoms with E-state index >= 15 is 0 Å². The summed E-state index contributed by atoms with van der Waals surface area (Å²) in [6.45, 7) is 5.53. The van der Waals surface area contributed by atoms with Crippen molar-refractivity contribution in [3.63, 3.8) is 0 Å². The van der Waals surface area contributed by atoms with Crippen LogP contribution in [0.3, 0.4) is 0 Å². The van der Waals surface area contributed by atoms with E-state index < -0.39 is 8.80 Å². The molecule has 16 heavy (non-hydrogen) atoms. The number of nitrogens with zero attached hydrogens (tertiary/aromatic N) is 1. The van der Waals surface area contributed by atoms with E-state index in [-0.39, 0.29) is 0 Å². The van der Waals surface area contributed by atoms with Crippen LogP contribution in [0.5, 0.6) is 0 Å². The van der Waals surface area contributed by atoms with E-state index in [1.54, 1.807) is 0 Å². The Hall–Kier alpha value is 0.0569. The average molecular weight is 243 g/mol. The molecule has 4 aliphatic rings. The summed E-state index contributed by atoms with van der Waals surface area (Å²) in [6, 6.07) is 0. The van der Waals surface area contributed by atoms with Gasteiger partial charge in [0.2, 0.25) is 0 Å². The molecule has 0 N–H and O–H groups in total. The Labute approximate surface area is 98.2 Å². The molecule has 1 aliphatic carbocycles. The molecule has 4 rings (SSSR count). The van der Waals surface area contributed by atoms with Gasteiger partial charge in [0.05, 0.1) is 19.8 Å². The highest BCUT2D eigenvalue weighted by Crippen LogP contribution is 2.41. The summed E-state index contributed by atoms with van der Waals surface area (Å²) in [5, 5.41) is 0. The van der Waals surface area contributed by atoms with Crippen LogP contribution in [0.25, 0.3) is 0 Å². The van der Waals surface area contributed by atoms with E-state index in [0.717, 1.165) is 39.5 Å². The van der Waals surface area contributed by atoms with Crippen molar-refractivity contribution in [3.05, 3.63) is 0 Å². The second-order valence-electron chi connectivity index (χ2n) is 4.97. The summed E-state index contributed by atoms with van der Waals surface area (Å²) in [6.07, 6.45) is 5.13. The predicted octanol–water partition coefficient (Wildman–Crippen LogP) is 1.25. The van der Waals surface area contributed by atoms with Crippen LogP contribution < -0.4 is 0 Å². The molecule has 3 saturated heterocycles. The van der Waals surface area contributed by atoms with E-state index in [9.17, 15) is 0 Å². The van der Waals surface area contributed by atoms with Gasteiger partial charge in [-0.1, -0.05) is 12.8 Å². The molecule has 4 fully saturated rings. The lowest BCUT2D eigenvalue weighted by Crippen LogP contribution is -2.57. The Morgan fingerprint density at radius 2 is 1.31 bits per heavy atom. The standard InChI is InChI=1S/C11H21NO3Si/c1-2-4-11(3-1)16-13-8-5-12(6-9-14-16)7-10-15-16/h11H,1-10H2. The van der Waals surface area contributed by atoms with Crippen molar-refractivity contribution >= 4 is 8.80 Å². The molecule has 2 bridgehead atoms. The Morgan fingerprint density at radius 1 is 0.812 bits per heavy atom. The van der Waals surface area contributed by atoms with Gasteiger partial charge in [-0.05, 0) is 12.8 Å². The van der Waals surface area contributed by atoms with E-state index in [1.165, 1.54) is 25.7 Å². The molecule has 0 aromatic heterocycles. The molecular weight excluding hydrogens is 222 g/mol. The zero-order valence-corrected chi connectivity index (χ0v) is 10.8. The third-order valence-electron chi connectivity index (χ3n) is 3.99. The van der Waals surface area contributed by atoms with E-state index in [2.05, 4.69) is 4.90 Å². The molecule has 3 heterocycles. The summed E-state index contributed by atoms with van der Waals surface area (Å²) in [7, 11) is -2.32. The minimum Gasteiger partial charge on any atom is -0.372 e. The maximum absolute atomic E-state index is 6.08. The van der Waals surface area contributed by atoms with Gasteiger partial charge >= 0.3 is 8.80 Å². The van der Waals surface area contributed by atoms with Crippen LogP contribution in [0.15, 0.2) is 0 Å². The van der Waals surface area contributed by atoms with Gasteiger partial charge in [0.15, 0.2) is 0 Å². The first-order valence-electron chi connectivity index (χ1n) is 6.53. The van der Waals surface area contributed by atoms with Crippen LogP contribution in [0, 0.1) is 0 Å². The fourth-order valence-electron chi connectivity index (χ4n) is 3.04. The van der Waals surface area contributed by atoms with Gasteiger partial charge in [-0.2, -0.15) is 0 Å². The maximum Gasteiger partial charge on any atom is 0.504 e. The van der Waals surface area contributed by atoms with Crippen molar-refractivity contribution in [2.45, 2.75) is 31.2 Å². The topological polar surface area (TPSA) is 30.9 Å². The van der Waals surface area contributed by atoms with Gasteiger partial charge in [0.1, 0.15) is 0 Å². The minimum absolute atomic E-state index is 0.581. The van der Waals surface area contributed by atoms with E-state index in [1.807, 2.05) is 0 Å². The van der Waals surface area contributed by atoms with Crippen molar-refractivity contribution in [1.82, 2.24) is 4.90 Å². The van der Waals surface area contributed by atoms with Gasteiger partial charge < -0.3 is 13.3 Å². The Morgan fingerprint density at radius 3 is 1.81 bits per heavy atom. The first kappa shape index (κ1) is 11.2. The van der Waals surface area contributed by atoms with Gasteiger partial charge in [0, 0.05) is 25.2 Å². The number of hydrogen-bond donors (Lipinski definition) is 0.